The van der Waals surface area contributed by atoms with Crippen molar-refractivity contribution in [3.8, 4) is 0 Å². The minimum Gasteiger partial charge on any atom is -0.394 e. The molecular formula is C15H21NO3. The third-order valence-corrected chi connectivity index (χ3v) is 3.76. The van der Waals surface area contributed by atoms with Crippen LogP contribution in [0, 0.1) is 13.8 Å². The van der Waals surface area contributed by atoms with Gasteiger partial charge >= 0.3 is 0 Å². The number of carbonyl (C=O) groups is 1. The summed E-state index contributed by atoms with van der Waals surface area (Å²) < 4.78 is 5.29. The molecule has 1 aromatic rings. The molecule has 104 valence electrons. The average molecular weight is 263 g/mol. The summed E-state index contributed by atoms with van der Waals surface area (Å²) in [5, 5.41) is 12.6. The number of benzene rings is 1. The molecule has 1 amide bonds. The van der Waals surface area contributed by atoms with Gasteiger partial charge in [0, 0.05) is 18.8 Å². The summed E-state index contributed by atoms with van der Waals surface area (Å²) in [5.41, 5.74) is 2.23. The Morgan fingerprint density at radius 3 is 2.63 bits per heavy atom. The summed E-state index contributed by atoms with van der Waals surface area (Å²) in [5.74, 6) is -0.117. The van der Waals surface area contributed by atoms with Crippen molar-refractivity contribution in [2.75, 3.05) is 19.8 Å². The second kappa shape index (κ2) is 5.72. The first-order valence-electron chi connectivity index (χ1n) is 6.65. The van der Waals surface area contributed by atoms with E-state index in [1.54, 1.807) is 0 Å². The summed E-state index contributed by atoms with van der Waals surface area (Å²) in [6.45, 7) is 5.04. The molecule has 1 aliphatic rings. The van der Waals surface area contributed by atoms with Crippen LogP contribution in [0.1, 0.15) is 34.3 Å². The van der Waals surface area contributed by atoms with Gasteiger partial charge in [-0.15, -0.1) is 0 Å². The Labute approximate surface area is 113 Å². The van der Waals surface area contributed by atoms with Crippen LogP contribution < -0.4 is 5.32 Å². The lowest BCUT2D eigenvalue weighted by Crippen LogP contribution is -2.54. The topological polar surface area (TPSA) is 58.6 Å². The quantitative estimate of drug-likeness (QED) is 0.870. The number of carbonyl (C=O) groups excluding carboxylic acids is 1. The first kappa shape index (κ1) is 14.0. The van der Waals surface area contributed by atoms with Crippen molar-refractivity contribution >= 4 is 5.91 Å². The molecule has 0 aliphatic carbocycles. The predicted octanol–water partition coefficient (Wildman–Crippen LogP) is 1.57. The molecule has 1 aliphatic heterocycles. The first-order chi connectivity index (χ1) is 9.06. The molecule has 2 rings (SSSR count). The van der Waals surface area contributed by atoms with E-state index in [1.807, 2.05) is 32.0 Å². The maximum atomic E-state index is 12.3. The van der Waals surface area contributed by atoms with Crippen molar-refractivity contribution in [3.05, 3.63) is 34.9 Å². The van der Waals surface area contributed by atoms with Gasteiger partial charge in [0.05, 0.1) is 12.1 Å². The van der Waals surface area contributed by atoms with Crippen molar-refractivity contribution in [2.45, 2.75) is 32.2 Å². The zero-order valence-electron chi connectivity index (χ0n) is 11.5. The lowest BCUT2D eigenvalue weighted by molar-refractivity contribution is 0.0125. The van der Waals surface area contributed by atoms with Gasteiger partial charge in [-0.3, -0.25) is 4.79 Å². The largest absolute Gasteiger partial charge is 0.394 e. The SMILES string of the molecule is Cc1ccc(C(=O)NC2(CO)CCOCC2)c(C)c1. The van der Waals surface area contributed by atoms with Crippen molar-refractivity contribution in [3.63, 3.8) is 0 Å². The van der Waals surface area contributed by atoms with E-state index < -0.39 is 5.54 Å². The molecular weight excluding hydrogens is 242 g/mol. The lowest BCUT2D eigenvalue weighted by atomic mass is 9.90. The number of nitrogens with one attached hydrogen (secondary N) is 1. The number of ether oxygens (including phenoxy) is 1. The molecule has 0 radical (unpaired) electrons. The van der Waals surface area contributed by atoms with Gasteiger partial charge in [-0.05, 0) is 38.3 Å². The van der Waals surface area contributed by atoms with E-state index in [1.165, 1.54) is 0 Å². The van der Waals surface area contributed by atoms with Crippen molar-refractivity contribution in [1.82, 2.24) is 5.32 Å². The van der Waals surface area contributed by atoms with Crippen LogP contribution in [0.25, 0.3) is 0 Å². The zero-order valence-corrected chi connectivity index (χ0v) is 11.5. The molecule has 0 aromatic heterocycles. The number of hydrogen-bond donors (Lipinski definition) is 2. The number of aliphatic hydroxyl groups is 1. The Morgan fingerprint density at radius 2 is 2.05 bits per heavy atom. The molecule has 1 heterocycles. The van der Waals surface area contributed by atoms with Gasteiger partial charge in [-0.2, -0.15) is 0 Å². The molecule has 2 N–H and O–H groups in total. The van der Waals surface area contributed by atoms with E-state index in [0.717, 1.165) is 11.1 Å². The maximum absolute atomic E-state index is 12.3. The highest BCUT2D eigenvalue weighted by Crippen LogP contribution is 2.21. The molecule has 0 saturated carbocycles. The Morgan fingerprint density at radius 1 is 1.37 bits per heavy atom. The van der Waals surface area contributed by atoms with Gasteiger partial charge in [0.2, 0.25) is 0 Å². The molecule has 4 nitrogen and oxygen atoms in total. The van der Waals surface area contributed by atoms with Crippen LogP contribution in [0.5, 0.6) is 0 Å². The van der Waals surface area contributed by atoms with Crippen LogP contribution >= 0.6 is 0 Å². The Kier molecular flexibility index (Phi) is 4.22. The average Bonchev–Trinajstić information content (AvgIpc) is 2.39. The highest BCUT2D eigenvalue weighted by Gasteiger charge is 2.33. The van der Waals surface area contributed by atoms with Crippen LogP contribution in [-0.4, -0.2) is 36.4 Å². The molecule has 0 atom stereocenters. The van der Waals surface area contributed by atoms with Gasteiger partial charge < -0.3 is 15.2 Å². The fraction of sp³-hybridized carbons (Fsp3) is 0.533. The van der Waals surface area contributed by atoms with E-state index in [0.29, 0.717) is 31.6 Å². The molecule has 0 spiro atoms. The number of amides is 1. The number of aliphatic hydroxyl groups excluding tert-OH is 1. The number of hydrogen-bond acceptors (Lipinski definition) is 3. The van der Waals surface area contributed by atoms with Gasteiger partial charge in [-0.25, -0.2) is 0 Å². The van der Waals surface area contributed by atoms with Gasteiger partial charge in [0.25, 0.3) is 5.91 Å². The van der Waals surface area contributed by atoms with E-state index >= 15 is 0 Å². The molecule has 1 saturated heterocycles. The standard InChI is InChI=1S/C15H21NO3/c1-11-3-4-13(12(2)9-11)14(18)16-15(10-17)5-7-19-8-6-15/h3-4,9,17H,5-8,10H2,1-2H3,(H,16,18). The molecule has 1 aromatic carbocycles. The summed E-state index contributed by atoms with van der Waals surface area (Å²) >= 11 is 0. The minimum atomic E-state index is -0.535. The Bertz CT molecular complexity index is 464. The maximum Gasteiger partial charge on any atom is 0.252 e. The lowest BCUT2D eigenvalue weighted by Gasteiger charge is -2.36. The van der Waals surface area contributed by atoms with Crippen molar-refractivity contribution in [1.29, 1.82) is 0 Å². The Hall–Kier alpha value is -1.39. The van der Waals surface area contributed by atoms with Crippen LogP contribution in [-0.2, 0) is 4.74 Å². The predicted molar refractivity (Wildman–Crippen MR) is 73.3 cm³/mol. The molecule has 0 unspecified atom stereocenters. The zero-order chi connectivity index (χ0) is 13.9. The van der Waals surface area contributed by atoms with E-state index in [-0.39, 0.29) is 12.5 Å². The third-order valence-electron chi connectivity index (χ3n) is 3.76. The fourth-order valence-electron chi connectivity index (χ4n) is 2.46. The molecule has 19 heavy (non-hydrogen) atoms. The minimum absolute atomic E-state index is 0.0486. The van der Waals surface area contributed by atoms with Gasteiger partial charge in [0.15, 0.2) is 0 Å². The van der Waals surface area contributed by atoms with E-state index in [2.05, 4.69) is 5.32 Å². The summed E-state index contributed by atoms with van der Waals surface area (Å²) in [4.78, 5) is 12.3. The van der Waals surface area contributed by atoms with Crippen LogP contribution in [0.2, 0.25) is 0 Å². The van der Waals surface area contributed by atoms with Gasteiger partial charge in [-0.1, -0.05) is 17.7 Å². The number of rotatable bonds is 3. The van der Waals surface area contributed by atoms with E-state index in [9.17, 15) is 9.90 Å². The highest BCUT2D eigenvalue weighted by atomic mass is 16.5. The second-order valence-corrected chi connectivity index (χ2v) is 5.32. The number of aryl methyl sites for hydroxylation is 2. The van der Waals surface area contributed by atoms with Crippen molar-refractivity contribution < 1.29 is 14.6 Å². The normalized spacial score (nSPS) is 18.1. The summed E-state index contributed by atoms with van der Waals surface area (Å²) in [6, 6.07) is 5.76. The molecule has 0 bridgehead atoms. The van der Waals surface area contributed by atoms with Crippen LogP contribution in [0.4, 0.5) is 0 Å². The smallest absolute Gasteiger partial charge is 0.252 e. The molecule has 1 fully saturated rings. The highest BCUT2D eigenvalue weighted by molar-refractivity contribution is 5.96. The summed E-state index contributed by atoms with van der Waals surface area (Å²) in [6.07, 6.45) is 1.31. The van der Waals surface area contributed by atoms with Crippen LogP contribution in [0.3, 0.4) is 0 Å². The second-order valence-electron chi connectivity index (χ2n) is 5.32. The van der Waals surface area contributed by atoms with Gasteiger partial charge in [0.1, 0.15) is 0 Å². The monoisotopic (exact) mass is 263 g/mol. The first-order valence-corrected chi connectivity index (χ1v) is 6.65. The summed E-state index contributed by atoms with van der Waals surface area (Å²) in [7, 11) is 0. The van der Waals surface area contributed by atoms with Crippen LogP contribution in [0.15, 0.2) is 18.2 Å². The third kappa shape index (κ3) is 3.14. The van der Waals surface area contributed by atoms with Crippen molar-refractivity contribution in [2.24, 2.45) is 0 Å². The Balaban J connectivity index is 2.15. The fourth-order valence-corrected chi connectivity index (χ4v) is 2.46. The molecule has 4 heteroatoms. The van der Waals surface area contributed by atoms with E-state index in [4.69, 9.17) is 4.74 Å².